The molecule has 1 heterocycles. The molecule has 1 aromatic heterocycles. The van der Waals surface area contributed by atoms with Gasteiger partial charge in [-0.1, -0.05) is 11.6 Å². The maximum absolute atomic E-state index is 11.2. The number of amides is 1. The van der Waals surface area contributed by atoms with E-state index in [1.165, 1.54) is 0 Å². The maximum Gasteiger partial charge on any atom is 0.412 e. The van der Waals surface area contributed by atoms with E-state index in [4.69, 9.17) is 16.3 Å². The van der Waals surface area contributed by atoms with Gasteiger partial charge in [0.15, 0.2) is 11.6 Å². The number of nitrogens with one attached hydrogen (secondary N) is 2. The van der Waals surface area contributed by atoms with E-state index < -0.39 is 6.09 Å². The molecule has 2 rings (SSSR count). The molecular formula is C13H13ClN4O2. The number of carbonyl (C=O) groups is 1. The summed E-state index contributed by atoms with van der Waals surface area (Å²) >= 11 is 5.80. The van der Waals surface area contributed by atoms with Crippen LogP contribution < -0.4 is 10.6 Å². The topological polar surface area (TPSA) is 76.1 Å². The van der Waals surface area contributed by atoms with Gasteiger partial charge in [-0.3, -0.25) is 5.32 Å². The van der Waals surface area contributed by atoms with Crippen molar-refractivity contribution in [1.82, 2.24) is 10.2 Å². The molecule has 0 aliphatic heterocycles. The first kappa shape index (κ1) is 14.1. The fraction of sp³-hybridized carbons (Fsp3) is 0.154. The maximum atomic E-state index is 11.2. The minimum Gasteiger partial charge on any atom is -0.450 e. The lowest BCUT2D eigenvalue weighted by atomic mass is 10.3. The number of halogens is 1. The van der Waals surface area contributed by atoms with E-state index in [1.54, 1.807) is 31.2 Å². The number of anilines is 3. The van der Waals surface area contributed by atoms with E-state index >= 15 is 0 Å². The average molecular weight is 293 g/mol. The largest absolute Gasteiger partial charge is 0.450 e. The van der Waals surface area contributed by atoms with E-state index in [1.807, 2.05) is 12.1 Å². The Balaban J connectivity index is 1.97. The van der Waals surface area contributed by atoms with Crippen LogP contribution in [0.4, 0.5) is 22.1 Å². The van der Waals surface area contributed by atoms with Gasteiger partial charge < -0.3 is 10.1 Å². The van der Waals surface area contributed by atoms with Crippen molar-refractivity contribution in [3.8, 4) is 0 Å². The van der Waals surface area contributed by atoms with Crippen LogP contribution in [-0.2, 0) is 4.74 Å². The molecule has 6 nitrogen and oxygen atoms in total. The number of carbonyl (C=O) groups excluding carboxylic acids is 1. The van der Waals surface area contributed by atoms with Crippen LogP contribution in [-0.4, -0.2) is 22.9 Å². The molecule has 0 fully saturated rings. The van der Waals surface area contributed by atoms with Crippen molar-refractivity contribution in [1.29, 1.82) is 0 Å². The molecule has 104 valence electrons. The standard InChI is InChI=1S/C13H13ClN4O2/c1-2-20-13(19)16-12-8-7-11(17-18-12)15-10-5-3-9(14)4-6-10/h3-8H,2H2,1H3,(H,15,17)(H,16,18,19). The normalized spacial score (nSPS) is 9.90. The number of nitrogens with zero attached hydrogens (tertiary/aromatic N) is 2. The van der Waals surface area contributed by atoms with Crippen molar-refractivity contribution in [2.45, 2.75) is 6.92 Å². The SMILES string of the molecule is CCOC(=O)Nc1ccc(Nc2ccc(Cl)cc2)nn1. The Labute approximate surface area is 121 Å². The smallest absolute Gasteiger partial charge is 0.412 e. The molecule has 0 saturated heterocycles. The summed E-state index contributed by atoms with van der Waals surface area (Å²) in [5.41, 5.74) is 0.842. The summed E-state index contributed by atoms with van der Waals surface area (Å²) in [7, 11) is 0. The summed E-state index contributed by atoms with van der Waals surface area (Å²) in [6, 6.07) is 10.5. The molecule has 0 aliphatic rings. The molecule has 0 spiro atoms. The Kier molecular flexibility index (Phi) is 4.73. The predicted molar refractivity (Wildman–Crippen MR) is 77.4 cm³/mol. The molecule has 0 bridgehead atoms. The number of rotatable bonds is 4. The molecule has 2 aromatic rings. The van der Waals surface area contributed by atoms with Gasteiger partial charge in [0, 0.05) is 10.7 Å². The number of benzene rings is 1. The third kappa shape index (κ3) is 4.10. The van der Waals surface area contributed by atoms with E-state index in [0.29, 0.717) is 23.3 Å². The Morgan fingerprint density at radius 2 is 1.80 bits per heavy atom. The number of hydrogen-bond acceptors (Lipinski definition) is 5. The summed E-state index contributed by atoms with van der Waals surface area (Å²) in [5.74, 6) is 0.881. The minimum absolute atomic E-state index is 0.301. The fourth-order valence-electron chi connectivity index (χ4n) is 1.42. The third-order valence-electron chi connectivity index (χ3n) is 2.29. The van der Waals surface area contributed by atoms with Crippen molar-refractivity contribution in [3.63, 3.8) is 0 Å². The fourth-order valence-corrected chi connectivity index (χ4v) is 1.54. The van der Waals surface area contributed by atoms with Crippen LogP contribution in [0.3, 0.4) is 0 Å². The number of hydrogen-bond donors (Lipinski definition) is 2. The highest BCUT2D eigenvalue weighted by Gasteiger charge is 2.04. The summed E-state index contributed by atoms with van der Waals surface area (Å²) in [5, 5.41) is 14.0. The molecule has 0 saturated carbocycles. The zero-order valence-electron chi connectivity index (χ0n) is 10.8. The van der Waals surface area contributed by atoms with Gasteiger partial charge in [0.25, 0.3) is 0 Å². The van der Waals surface area contributed by atoms with Crippen molar-refractivity contribution in [2.75, 3.05) is 17.2 Å². The van der Waals surface area contributed by atoms with Gasteiger partial charge >= 0.3 is 6.09 Å². The van der Waals surface area contributed by atoms with Gasteiger partial charge in [-0.25, -0.2) is 4.79 Å². The van der Waals surface area contributed by atoms with E-state index in [-0.39, 0.29) is 0 Å². The Hall–Kier alpha value is -2.34. The van der Waals surface area contributed by atoms with Gasteiger partial charge in [-0.2, -0.15) is 0 Å². The van der Waals surface area contributed by atoms with Crippen molar-refractivity contribution in [3.05, 3.63) is 41.4 Å². The highest BCUT2D eigenvalue weighted by molar-refractivity contribution is 6.30. The zero-order valence-corrected chi connectivity index (χ0v) is 11.5. The van der Waals surface area contributed by atoms with Crippen LogP contribution in [0.2, 0.25) is 5.02 Å². The monoisotopic (exact) mass is 292 g/mol. The number of aromatic nitrogens is 2. The first-order valence-corrected chi connectivity index (χ1v) is 6.35. The van der Waals surface area contributed by atoms with Crippen LogP contribution in [0.25, 0.3) is 0 Å². The molecule has 0 atom stereocenters. The Bertz CT molecular complexity index is 572. The Morgan fingerprint density at radius 1 is 1.15 bits per heavy atom. The summed E-state index contributed by atoms with van der Waals surface area (Å²) in [6.07, 6.45) is -0.555. The summed E-state index contributed by atoms with van der Waals surface area (Å²) in [4.78, 5) is 11.2. The van der Waals surface area contributed by atoms with Crippen molar-refractivity contribution >= 4 is 35.0 Å². The average Bonchev–Trinajstić information content (AvgIpc) is 2.44. The van der Waals surface area contributed by atoms with Gasteiger partial charge in [-0.05, 0) is 43.3 Å². The van der Waals surface area contributed by atoms with Crippen LogP contribution in [0.1, 0.15) is 6.92 Å². The predicted octanol–water partition coefficient (Wildman–Crippen LogP) is 3.44. The molecule has 20 heavy (non-hydrogen) atoms. The van der Waals surface area contributed by atoms with Gasteiger partial charge in [-0.15, -0.1) is 10.2 Å². The summed E-state index contributed by atoms with van der Waals surface area (Å²) in [6.45, 7) is 2.03. The minimum atomic E-state index is -0.555. The molecular weight excluding hydrogens is 280 g/mol. The van der Waals surface area contributed by atoms with Crippen LogP contribution in [0, 0.1) is 0 Å². The van der Waals surface area contributed by atoms with E-state index in [9.17, 15) is 4.79 Å². The van der Waals surface area contributed by atoms with Crippen LogP contribution in [0.15, 0.2) is 36.4 Å². The summed E-state index contributed by atoms with van der Waals surface area (Å²) < 4.78 is 4.74. The third-order valence-corrected chi connectivity index (χ3v) is 2.54. The molecule has 0 aliphatic carbocycles. The van der Waals surface area contributed by atoms with E-state index in [2.05, 4.69) is 20.8 Å². The molecule has 1 amide bonds. The van der Waals surface area contributed by atoms with Gasteiger partial charge in [0.1, 0.15) is 0 Å². The van der Waals surface area contributed by atoms with Crippen molar-refractivity contribution < 1.29 is 9.53 Å². The highest BCUT2D eigenvalue weighted by Crippen LogP contribution is 2.17. The molecule has 1 aromatic carbocycles. The molecule has 2 N–H and O–H groups in total. The highest BCUT2D eigenvalue weighted by atomic mass is 35.5. The molecule has 0 radical (unpaired) electrons. The second kappa shape index (κ2) is 6.72. The molecule has 7 heteroatoms. The lowest BCUT2D eigenvalue weighted by molar-refractivity contribution is 0.168. The lowest BCUT2D eigenvalue weighted by Crippen LogP contribution is -2.14. The Morgan fingerprint density at radius 3 is 2.40 bits per heavy atom. The van der Waals surface area contributed by atoms with E-state index in [0.717, 1.165) is 5.69 Å². The molecule has 0 unspecified atom stereocenters. The van der Waals surface area contributed by atoms with Crippen molar-refractivity contribution in [2.24, 2.45) is 0 Å². The second-order valence-electron chi connectivity index (χ2n) is 3.78. The van der Waals surface area contributed by atoms with Crippen LogP contribution >= 0.6 is 11.6 Å². The van der Waals surface area contributed by atoms with Gasteiger partial charge in [0.2, 0.25) is 0 Å². The van der Waals surface area contributed by atoms with Crippen LogP contribution in [0.5, 0.6) is 0 Å². The zero-order chi connectivity index (χ0) is 14.4. The second-order valence-corrected chi connectivity index (χ2v) is 4.22. The first-order chi connectivity index (χ1) is 9.67. The van der Waals surface area contributed by atoms with Gasteiger partial charge in [0.05, 0.1) is 6.61 Å². The lowest BCUT2D eigenvalue weighted by Gasteiger charge is -2.06. The first-order valence-electron chi connectivity index (χ1n) is 5.97. The quantitative estimate of drug-likeness (QED) is 0.902. The number of ether oxygens (including phenoxy) is 1.